The Labute approximate surface area is 94.1 Å². The normalized spacial score (nSPS) is 25.7. The number of aromatic hydroxyl groups is 1. The van der Waals surface area contributed by atoms with Crippen LogP contribution in [0.25, 0.3) is 0 Å². The maximum atomic E-state index is 13.6. The molecule has 0 heterocycles. The minimum absolute atomic E-state index is 0.103. The largest absolute Gasteiger partial charge is 0.505 e. The highest BCUT2D eigenvalue weighted by Crippen LogP contribution is 2.38. The van der Waals surface area contributed by atoms with E-state index < -0.39 is 17.4 Å². The van der Waals surface area contributed by atoms with Crippen molar-refractivity contribution in [2.45, 2.75) is 38.5 Å². The maximum absolute atomic E-state index is 13.6. The smallest absolute Gasteiger partial charge is 0.200 e. The summed E-state index contributed by atoms with van der Waals surface area (Å²) < 4.78 is 26.8. The highest BCUT2D eigenvalue weighted by Gasteiger charge is 2.24. The molecule has 0 bridgehead atoms. The highest BCUT2D eigenvalue weighted by atomic mass is 19.2. The first-order valence-corrected chi connectivity index (χ1v) is 5.76. The van der Waals surface area contributed by atoms with Crippen LogP contribution in [0.15, 0.2) is 12.1 Å². The molecule has 1 saturated carbocycles. The molecule has 0 radical (unpaired) electrons. The second-order valence-corrected chi connectivity index (χ2v) is 4.76. The first-order valence-electron chi connectivity index (χ1n) is 5.76. The third kappa shape index (κ3) is 2.04. The fraction of sp³-hybridized carbons (Fsp3) is 0.538. The van der Waals surface area contributed by atoms with E-state index in [4.69, 9.17) is 5.11 Å². The zero-order valence-electron chi connectivity index (χ0n) is 9.34. The van der Waals surface area contributed by atoms with Gasteiger partial charge in [-0.15, -0.1) is 0 Å². The number of hydrogen-bond acceptors (Lipinski definition) is 1. The lowest BCUT2D eigenvalue weighted by Crippen LogP contribution is -2.12. The summed E-state index contributed by atoms with van der Waals surface area (Å²) in [5.41, 5.74) is 0.419. The molecular weight excluding hydrogens is 210 g/mol. The lowest BCUT2D eigenvalue weighted by atomic mass is 9.79. The van der Waals surface area contributed by atoms with E-state index in [-0.39, 0.29) is 5.92 Å². The van der Waals surface area contributed by atoms with Crippen LogP contribution in [0.2, 0.25) is 0 Å². The average molecular weight is 226 g/mol. The molecule has 1 aromatic rings. The van der Waals surface area contributed by atoms with Gasteiger partial charge in [0.25, 0.3) is 0 Å². The van der Waals surface area contributed by atoms with Crippen molar-refractivity contribution in [2.24, 2.45) is 5.92 Å². The third-order valence-electron chi connectivity index (χ3n) is 3.55. The zero-order chi connectivity index (χ0) is 11.7. The first-order chi connectivity index (χ1) is 7.59. The Bertz CT molecular complexity index is 382. The molecule has 88 valence electrons. The quantitative estimate of drug-likeness (QED) is 0.768. The number of rotatable bonds is 1. The lowest BCUT2D eigenvalue weighted by Gasteiger charge is -2.26. The number of halogens is 2. The van der Waals surface area contributed by atoms with Gasteiger partial charge in [-0.1, -0.05) is 25.8 Å². The van der Waals surface area contributed by atoms with E-state index in [2.05, 4.69) is 6.92 Å². The fourth-order valence-electron chi connectivity index (χ4n) is 2.44. The van der Waals surface area contributed by atoms with Crippen molar-refractivity contribution in [3.8, 4) is 5.75 Å². The van der Waals surface area contributed by atoms with E-state index in [1.165, 1.54) is 12.1 Å². The van der Waals surface area contributed by atoms with Crippen LogP contribution in [0.5, 0.6) is 5.75 Å². The van der Waals surface area contributed by atoms with Gasteiger partial charge >= 0.3 is 0 Å². The Hall–Kier alpha value is -1.12. The molecule has 1 nitrogen and oxygen atoms in total. The summed E-state index contributed by atoms with van der Waals surface area (Å²) in [6.07, 6.45) is 3.93. The zero-order valence-corrected chi connectivity index (χ0v) is 9.34. The van der Waals surface area contributed by atoms with Crippen molar-refractivity contribution in [1.29, 1.82) is 0 Å². The molecule has 1 aliphatic carbocycles. The van der Waals surface area contributed by atoms with E-state index in [1.807, 2.05) is 0 Å². The Morgan fingerprint density at radius 2 is 1.69 bits per heavy atom. The summed E-state index contributed by atoms with van der Waals surface area (Å²) in [7, 11) is 0. The molecule has 0 amide bonds. The predicted molar refractivity (Wildman–Crippen MR) is 58.4 cm³/mol. The van der Waals surface area contributed by atoms with Crippen molar-refractivity contribution in [3.63, 3.8) is 0 Å². The summed E-state index contributed by atoms with van der Waals surface area (Å²) >= 11 is 0. The van der Waals surface area contributed by atoms with E-state index in [9.17, 15) is 8.78 Å². The van der Waals surface area contributed by atoms with Crippen LogP contribution in [0.3, 0.4) is 0 Å². The molecule has 3 heteroatoms. The minimum Gasteiger partial charge on any atom is -0.505 e. The molecule has 1 N–H and O–H groups in total. The molecule has 1 aromatic carbocycles. The molecule has 0 saturated heterocycles. The molecular formula is C13H16F2O. The second-order valence-electron chi connectivity index (χ2n) is 4.76. The van der Waals surface area contributed by atoms with Crippen LogP contribution in [-0.2, 0) is 0 Å². The Kier molecular flexibility index (Phi) is 3.13. The van der Waals surface area contributed by atoms with Crippen molar-refractivity contribution in [2.75, 3.05) is 0 Å². The van der Waals surface area contributed by atoms with Gasteiger partial charge in [-0.2, -0.15) is 4.39 Å². The summed E-state index contributed by atoms with van der Waals surface area (Å²) in [5, 5.41) is 9.05. The van der Waals surface area contributed by atoms with E-state index in [1.54, 1.807) is 0 Å². The third-order valence-corrected chi connectivity index (χ3v) is 3.55. The summed E-state index contributed by atoms with van der Waals surface area (Å²) in [4.78, 5) is 0. The van der Waals surface area contributed by atoms with Gasteiger partial charge < -0.3 is 5.11 Å². The van der Waals surface area contributed by atoms with Gasteiger partial charge in [0.1, 0.15) is 0 Å². The van der Waals surface area contributed by atoms with Gasteiger partial charge in [-0.05, 0) is 36.3 Å². The standard InChI is InChI=1S/C13H16F2O/c1-8-2-4-9(5-3-8)10-6-7-11(16)13(15)12(10)14/h6-9,16H,2-5H2,1H3. The topological polar surface area (TPSA) is 20.2 Å². The first kappa shape index (κ1) is 11.4. The van der Waals surface area contributed by atoms with Crippen molar-refractivity contribution in [3.05, 3.63) is 29.3 Å². The number of benzene rings is 1. The predicted octanol–water partition coefficient (Wildman–Crippen LogP) is 3.96. The molecule has 1 aliphatic rings. The molecule has 1 fully saturated rings. The number of phenols is 1. The van der Waals surface area contributed by atoms with E-state index >= 15 is 0 Å². The number of hydrogen-bond donors (Lipinski definition) is 1. The molecule has 0 aromatic heterocycles. The average Bonchev–Trinajstić information content (AvgIpc) is 2.28. The van der Waals surface area contributed by atoms with Crippen LogP contribution < -0.4 is 0 Å². The Balaban J connectivity index is 2.24. The number of phenolic OH excluding ortho intramolecular Hbond substituents is 1. The van der Waals surface area contributed by atoms with Gasteiger partial charge in [-0.25, -0.2) is 4.39 Å². The monoisotopic (exact) mass is 226 g/mol. The lowest BCUT2D eigenvalue weighted by molar-refractivity contribution is 0.336. The fourth-order valence-corrected chi connectivity index (χ4v) is 2.44. The van der Waals surface area contributed by atoms with Crippen molar-refractivity contribution in [1.82, 2.24) is 0 Å². The van der Waals surface area contributed by atoms with E-state index in [0.29, 0.717) is 11.5 Å². The summed E-state index contributed by atoms with van der Waals surface area (Å²) in [6.45, 7) is 2.18. The van der Waals surface area contributed by atoms with Gasteiger partial charge in [0, 0.05) is 0 Å². The van der Waals surface area contributed by atoms with Gasteiger partial charge in [0.05, 0.1) is 0 Å². The summed E-state index contributed by atoms with van der Waals surface area (Å²) in [5.74, 6) is -1.81. The molecule has 16 heavy (non-hydrogen) atoms. The van der Waals surface area contributed by atoms with Gasteiger partial charge in [0.2, 0.25) is 5.82 Å². The molecule has 2 rings (SSSR count). The second kappa shape index (κ2) is 4.40. The van der Waals surface area contributed by atoms with Gasteiger partial charge in [0.15, 0.2) is 11.6 Å². The summed E-state index contributed by atoms with van der Waals surface area (Å²) in [6, 6.07) is 2.75. The molecule has 0 unspecified atom stereocenters. The van der Waals surface area contributed by atoms with Crippen LogP contribution in [-0.4, -0.2) is 5.11 Å². The SMILES string of the molecule is CC1CCC(c2ccc(O)c(F)c2F)CC1. The van der Waals surface area contributed by atoms with Crippen LogP contribution >= 0.6 is 0 Å². The van der Waals surface area contributed by atoms with Crippen LogP contribution in [0, 0.1) is 17.6 Å². The Morgan fingerprint density at radius 3 is 2.31 bits per heavy atom. The molecule has 0 atom stereocenters. The van der Waals surface area contributed by atoms with Crippen molar-refractivity contribution >= 4 is 0 Å². The highest BCUT2D eigenvalue weighted by molar-refractivity contribution is 5.32. The van der Waals surface area contributed by atoms with Gasteiger partial charge in [-0.3, -0.25) is 0 Å². The molecule has 0 aliphatic heterocycles. The minimum atomic E-state index is -1.11. The maximum Gasteiger partial charge on any atom is 0.200 e. The molecule has 0 spiro atoms. The Morgan fingerprint density at radius 1 is 1.06 bits per heavy atom. The van der Waals surface area contributed by atoms with E-state index in [0.717, 1.165) is 25.7 Å². The van der Waals surface area contributed by atoms with Crippen molar-refractivity contribution < 1.29 is 13.9 Å². The van der Waals surface area contributed by atoms with Crippen LogP contribution in [0.4, 0.5) is 8.78 Å². The van der Waals surface area contributed by atoms with Crippen LogP contribution in [0.1, 0.15) is 44.1 Å².